The fourth-order valence-corrected chi connectivity index (χ4v) is 1.90. The zero-order valence-electron chi connectivity index (χ0n) is 11.6. The second-order valence-electron chi connectivity index (χ2n) is 4.55. The van der Waals surface area contributed by atoms with Gasteiger partial charge in [-0.15, -0.1) is 6.58 Å². The predicted molar refractivity (Wildman–Crippen MR) is 78.6 cm³/mol. The van der Waals surface area contributed by atoms with E-state index in [2.05, 4.69) is 6.58 Å². The number of benzene rings is 1. The number of carboxylic acids is 1. The second kappa shape index (κ2) is 7.45. The van der Waals surface area contributed by atoms with Crippen LogP contribution in [0.1, 0.15) is 18.4 Å². The van der Waals surface area contributed by atoms with Crippen molar-refractivity contribution in [3.8, 4) is 0 Å². The topological polar surface area (TPSA) is 83.6 Å². The molecule has 0 saturated heterocycles. The zero-order valence-corrected chi connectivity index (χ0v) is 11.6. The number of hydrogen-bond donors (Lipinski definition) is 2. The van der Waals surface area contributed by atoms with Crippen LogP contribution in [0.2, 0.25) is 0 Å². The zero-order chi connectivity index (χ0) is 15.1. The van der Waals surface area contributed by atoms with Gasteiger partial charge >= 0.3 is 5.97 Å². The van der Waals surface area contributed by atoms with Crippen molar-refractivity contribution in [2.75, 3.05) is 11.4 Å². The van der Waals surface area contributed by atoms with Crippen LogP contribution in [0.4, 0.5) is 5.69 Å². The van der Waals surface area contributed by atoms with E-state index in [-0.39, 0.29) is 18.9 Å². The molecule has 0 aliphatic rings. The van der Waals surface area contributed by atoms with E-state index >= 15 is 0 Å². The molecule has 1 aromatic carbocycles. The number of carbonyl (C=O) groups excluding carboxylic acids is 1. The summed E-state index contributed by atoms with van der Waals surface area (Å²) in [4.78, 5) is 24.6. The Kier molecular flexibility index (Phi) is 5.93. The standard InChI is InChI=1S/C15H20N2O3/c1-3-6-12(16)15(20)17(10-9-14(18)19)13-8-5-4-7-11(13)2/h3-5,7-8,12H,1,6,9-10,16H2,2H3,(H,18,19). The molecular weight excluding hydrogens is 256 g/mol. The lowest BCUT2D eigenvalue weighted by molar-refractivity contribution is -0.136. The van der Waals surface area contributed by atoms with Crippen molar-refractivity contribution in [3.05, 3.63) is 42.5 Å². The van der Waals surface area contributed by atoms with Gasteiger partial charge in [0.2, 0.25) is 5.91 Å². The molecule has 0 fully saturated rings. The highest BCUT2D eigenvalue weighted by Crippen LogP contribution is 2.20. The summed E-state index contributed by atoms with van der Waals surface area (Å²) in [5.41, 5.74) is 7.41. The molecule has 1 atom stereocenters. The Balaban J connectivity index is 3.02. The third-order valence-electron chi connectivity index (χ3n) is 2.96. The Hall–Kier alpha value is -2.14. The molecule has 3 N–H and O–H groups in total. The molecule has 1 aromatic rings. The number of rotatable bonds is 7. The first-order valence-corrected chi connectivity index (χ1v) is 6.42. The Morgan fingerprint density at radius 3 is 2.65 bits per heavy atom. The number of para-hydroxylation sites is 1. The molecule has 0 aromatic heterocycles. The van der Waals surface area contributed by atoms with Crippen LogP contribution in [0, 0.1) is 6.92 Å². The normalized spacial score (nSPS) is 11.7. The largest absolute Gasteiger partial charge is 0.481 e. The SMILES string of the molecule is C=CCC(N)C(=O)N(CCC(=O)O)c1ccccc1C. The molecule has 0 radical (unpaired) electrons. The average Bonchev–Trinajstić information content (AvgIpc) is 2.40. The number of hydrogen-bond acceptors (Lipinski definition) is 3. The summed E-state index contributed by atoms with van der Waals surface area (Å²) in [5, 5.41) is 8.82. The minimum atomic E-state index is -0.950. The van der Waals surface area contributed by atoms with Crippen LogP contribution in [-0.4, -0.2) is 29.6 Å². The number of aliphatic carboxylic acids is 1. The van der Waals surface area contributed by atoms with E-state index in [1.165, 1.54) is 4.90 Å². The monoisotopic (exact) mass is 276 g/mol. The van der Waals surface area contributed by atoms with Gasteiger partial charge in [-0.25, -0.2) is 0 Å². The predicted octanol–water partition coefficient (Wildman–Crippen LogP) is 1.71. The van der Waals surface area contributed by atoms with Crippen LogP contribution in [0.25, 0.3) is 0 Å². The number of carboxylic acid groups (broad SMARTS) is 1. The van der Waals surface area contributed by atoms with E-state index in [0.717, 1.165) is 5.56 Å². The molecule has 5 nitrogen and oxygen atoms in total. The lowest BCUT2D eigenvalue weighted by Gasteiger charge is -2.26. The van der Waals surface area contributed by atoms with E-state index in [4.69, 9.17) is 10.8 Å². The van der Waals surface area contributed by atoms with Crippen molar-refractivity contribution in [3.63, 3.8) is 0 Å². The smallest absolute Gasteiger partial charge is 0.305 e. The highest BCUT2D eigenvalue weighted by Gasteiger charge is 2.23. The molecule has 1 unspecified atom stereocenters. The maximum absolute atomic E-state index is 12.4. The quantitative estimate of drug-likeness (QED) is 0.742. The first kappa shape index (κ1) is 15.9. The van der Waals surface area contributed by atoms with E-state index in [1.54, 1.807) is 12.1 Å². The van der Waals surface area contributed by atoms with E-state index in [9.17, 15) is 9.59 Å². The molecule has 108 valence electrons. The summed E-state index contributed by atoms with van der Waals surface area (Å²) in [5.74, 6) is -1.24. The molecule has 20 heavy (non-hydrogen) atoms. The van der Waals surface area contributed by atoms with Gasteiger partial charge in [0.15, 0.2) is 0 Å². The van der Waals surface area contributed by atoms with Gasteiger partial charge in [-0.2, -0.15) is 0 Å². The average molecular weight is 276 g/mol. The van der Waals surface area contributed by atoms with Crippen LogP contribution in [0.5, 0.6) is 0 Å². The van der Waals surface area contributed by atoms with Crippen LogP contribution in [0.3, 0.4) is 0 Å². The van der Waals surface area contributed by atoms with Gasteiger partial charge in [-0.3, -0.25) is 9.59 Å². The van der Waals surface area contributed by atoms with Crippen molar-refractivity contribution >= 4 is 17.6 Å². The van der Waals surface area contributed by atoms with E-state index in [1.807, 2.05) is 25.1 Å². The van der Waals surface area contributed by atoms with E-state index < -0.39 is 12.0 Å². The van der Waals surface area contributed by atoms with Crippen LogP contribution in [-0.2, 0) is 9.59 Å². The molecule has 1 amide bonds. The van der Waals surface area contributed by atoms with Gasteiger partial charge in [-0.05, 0) is 25.0 Å². The third kappa shape index (κ3) is 4.20. The maximum Gasteiger partial charge on any atom is 0.305 e. The van der Waals surface area contributed by atoms with Crippen molar-refractivity contribution in [2.24, 2.45) is 5.73 Å². The molecular formula is C15H20N2O3. The number of nitrogens with two attached hydrogens (primary N) is 1. The summed E-state index contributed by atoms with van der Waals surface area (Å²) in [6.45, 7) is 5.53. The Bertz CT molecular complexity index is 500. The number of anilines is 1. The highest BCUT2D eigenvalue weighted by molar-refractivity contribution is 5.98. The van der Waals surface area contributed by atoms with Gasteiger partial charge in [0.25, 0.3) is 0 Å². The van der Waals surface area contributed by atoms with Crippen LogP contribution >= 0.6 is 0 Å². The lowest BCUT2D eigenvalue weighted by Crippen LogP contribution is -2.44. The third-order valence-corrected chi connectivity index (χ3v) is 2.96. The van der Waals surface area contributed by atoms with Gasteiger partial charge in [0, 0.05) is 12.2 Å². The molecule has 0 bridgehead atoms. The molecule has 0 heterocycles. The van der Waals surface area contributed by atoms with Crippen LogP contribution in [0.15, 0.2) is 36.9 Å². The van der Waals surface area contributed by atoms with Crippen molar-refractivity contribution in [1.29, 1.82) is 0 Å². The van der Waals surface area contributed by atoms with Crippen molar-refractivity contribution in [2.45, 2.75) is 25.8 Å². The Morgan fingerprint density at radius 2 is 2.10 bits per heavy atom. The summed E-state index contributed by atoms with van der Waals surface area (Å²) < 4.78 is 0. The van der Waals surface area contributed by atoms with Gasteiger partial charge in [0.05, 0.1) is 12.5 Å². The molecule has 5 heteroatoms. The Morgan fingerprint density at radius 1 is 1.45 bits per heavy atom. The molecule has 0 aliphatic carbocycles. The second-order valence-corrected chi connectivity index (χ2v) is 4.55. The van der Waals surface area contributed by atoms with Crippen LogP contribution < -0.4 is 10.6 Å². The minimum Gasteiger partial charge on any atom is -0.481 e. The molecule has 0 aliphatic heterocycles. The number of amides is 1. The minimum absolute atomic E-state index is 0.101. The fraction of sp³-hybridized carbons (Fsp3) is 0.333. The maximum atomic E-state index is 12.4. The fourth-order valence-electron chi connectivity index (χ4n) is 1.90. The first-order valence-electron chi connectivity index (χ1n) is 6.42. The molecule has 0 spiro atoms. The van der Waals surface area contributed by atoms with E-state index in [0.29, 0.717) is 12.1 Å². The van der Waals surface area contributed by atoms with Crippen molar-refractivity contribution in [1.82, 2.24) is 0 Å². The number of nitrogens with zero attached hydrogens (tertiary/aromatic N) is 1. The first-order chi connectivity index (χ1) is 9.47. The molecule has 1 rings (SSSR count). The number of aryl methyl sites for hydroxylation is 1. The number of carbonyl (C=O) groups is 2. The Labute approximate surface area is 118 Å². The lowest BCUT2D eigenvalue weighted by atomic mass is 10.1. The molecule has 0 saturated carbocycles. The summed E-state index contributed by atoms with van der Waals surface area (Å²) in [6.07, 6.45) is 1.81. The van der Waals surface area contributed by atoms with Crippen molar-refractivity contribution < 1.29 is 14.7 Å². The summed E-state index contributed by atoms with van der Waals surface area (Å²) in [6, 6.07) is 6.62. The summed E-state index contributed by atoms with van der Waals surface area (Å²) in [7, 11) is 0. The van der Waals surface area contributed by atoms with Gasteiger partial charge < -0.3 is 15.7 Å². The summed E-state index contributed by atoms with van der Waals surface area (Å²) >= 11 is 0. The van der Waals surface area contributed by atoms with Gasteiger partial charge in [0.1, 0.15) is 0 Å². The highest BCUT2D eigenvalue weighted by atomic mass is 16.4. The van der Waals surface area contributed by atoms with Gasteiger partial charge in [-0.1, -0.05) is 24.3 Å².